The topological polar surface area (TPSA) is 82.9 Å². The lowest BCUT2D eigenvalue weighted by molar-refractivity contribution is 0.264. The monoisotopic (exact) mass is 297 g/mol. The summed E-state index contributed by atoms with van der Waals surface area (Å²) in [6, 6.07) is 10.1. The molecule has 22 heavy (non-hydrogen) atoms. The summed E-state index contributed by atoms with van der Waals surface area (Å²) in [6.07, 6.45) is 5.44. The zero-order valence-corrected chi connectivity index (χ0v) is 12.5. The highest BCUT2D eigenvalue weighted by atomic mass is 16.5. The van der Waals surface area contributed by atoms with Crippen LogP contribution in [0.1, 0.15) is 43.6 Å². The van der Waals surface area contributed by atoms with E-state index in [0.717, 1.165) is 43.2 Å². The van der Waals surface area contributed by atoms with Crippen LogP contribution in [0.15, 0.2) is 28.8 Å². The summed E-state index contributed by atoms with van der Waals surface area (Å²) in [7, 11) is 0. The summed E-state index contributed by atoms with van der Waals surface area (Å²) < 4.78 is 5.41. The van der Waals surface area contributed by atoms with Crippen LogP contribution in [-0.2, 0) is 11.8 Å². The molecule has 1 fully saturated rings. The third-order valence-electron chi connectivity index (χ3n) is 4.37. The lowest BCUT2D eigenvalue weighted by Crippen LogP contribution is -2.27. The maximum absolute atomic E-state index is 9.57. The van der Waals surface area contributed by atoms with E-state index in [0.29, 0.717) is 18.1 Å². The van der Waals surface area contributed by atoms with Crippen LogP contribution in [0.5, 0.6) is 0 Å². The molecule has 0 unspecified atom stereocenters. The highest BCUT2D eigenvalue weighted by Gasteiger charge is 2.39. The molecule has 2 aromatic rings. The third-order valence-corrected chi connectivity index (χ3v) is 4.37. The standard InChI is InChI=1S/C17H19N3O2/c18-12-17(9-2-1-3-10-17)16-19-15(20-22-16)14-6-4-13(5-7-14)8-11-21/h4-7,21H,1-3,8-11H2. The fourth-order valence-electron chi connectivity index (χ4n) is 3.01. The second-order valence-electron chi connectivity index (χ2n) is 5.85. The minimum atomic E-state index is -0.611. The maximum Gasteiger partial charge on any atom is 0.247 e. The normalized spacial score (nSPS) is 17.1. The minimum Gasteiger partial charge on any atom is -0.396 e. The molecule has 3 rings (SSSR count). The number of hydrogen-bond donors (Lipinski definition) is 1. The molecule has 0 aliphatic heterocycles. The van der Waals surface area contributed by atoms with E-state index >= 15 is 0 Å². The van der Waals surface area contributed by atoms with Crippen molar-refractivity contribution in [2.45, 2.75) is 43.9 Å². The van der Waals surface area contributed by atoms with Gasteiger partial charge in [0.15, 0.2) is 0 Å². The van der Waals surface area contributed by atoms with Crippen molar-refractivity contribution in [3.63, 3.8) is 0 Å². The van der Waals surface area contributed by atoms with E-state index in [1.54, 1.807) is 0 Å². The fraction of sp³-hybridized carbons (Fsp3) is 0.471. The molecule has 0 amide bonds. The molecule has 1 aromatic heterocycles. The van der Waals surface area contributed by atoms with Crippen molar-refractivity contribution in [3.8, 4) is 17.5 Å². The van der Waals surface area contributed by atoms with Gasteiger partial charge in [-0.1, -0.05) is 48.7 Å². The Labute approximate surface area is 129 Å². The molecular formula is C17H19N3O2. The number of benzene rings is 1. The van der Waals surface area contributed by atoms with Crippen LogP contribution >= 0.6 is 0 Å². The Morgan fingerprint density at radius 2 is 1.91 bits per heavy atom. The highest BCUT2D eigenvalue weighted by Crippen LogP contribution is 2.38. The largest absolute Gasteiger partial charge is 0.396 e. The molecule has 1 N–H and O–H groups in total. The average Bonchev–Trinajstić information content (AvgIpc) is 3.07. The van der Waals surface area contributed by atoms with Crippen LogP contribution in [0.4, 0.5) is 0 Å². The second-order valence-corrected chi connectivity index (χ2v) is 5.85. The van der Waals surface area contributed by atoms with Crippen LogP contribution < -0.4 is 0 Å². The summed E-state index contributed by atoms with van der Waals surface area (Å²) >= 11 is 0. The first kappa shape index (κ1) is 14.7. The van der Waals surface area contributed by atoms with Gasteiger partial charge in [-0.2, -0.15) is 10.2 Å². The molecule has 1 aromatic carbocycles. The van der Waals surface area contributed by atoms with Gasteiger partial charge < -0.3 is 9.63 Å². The van der Waals surface area contributed by atoms with Gasteiger partial charge in [-0.25, -0.2) is 0 Å². The van der Waals surface area contributed by atoms with Crippen molar-refractivity contribution in [3.05, 3.63) is 35.7 Å². The fourth-order valence-corrected chi connectivity index (χ4v) is 3.01. The molecule has 1 saturated carbocycles. The molecule has 0 radical (unpaired) electrons. The molecule has 0 atom stereocenters. The van der Waals surface area contributed by atoms with Crippen molar-refractivity contribution in [2.75, 3.05) is 6.61 Å². The second kappa shape index (κ2) is 6.29. The zero-order chi connectivity index (χ0) is 15.4. The van der Waals surface area contributed by atoms with Gasteiger partial charge in [0.1, 0.15) is 5.41 Å². The Morgan fingerprint density at radius 1 is 1.18 bits per heavy atom. The molecule has 5 heteroatoms. The lowest BCUT2D eigenvalue weighted by atomic mass is 9.75. The Kier molecular flexibility index (Phi) is 4.21. The molecule has 0 spiro atoms. The highest BCUT2D eigenvalue weighted by molar-refractivity contribution is 5.55. The molecule has 1 aliphatic carbocycles. The smallest absolute Gasteiger partial charge is 0.247 e. The number of nitriles is 1. The molecule has 5 nitrogen and oxygen atoms in total. The molecule has 1 aliphatic rings. The molecule has 0 saturated heterocycles. The van der Waals surface area contributed by atoms with Crippen molar-refractivity contribution in [1.29, 1.82) is 5.26 Å². The van der Waals surface area contributed by atoms with E-state index in [4.69, 9.17) is 9.63 Å². The van der Waals surface area contributed by atoms with Gasteiger partial charge in [0, 0.05) is 12.2 Å². The zero-order valence-electron chi connectivity index (χ0n) is 12.5. The van der Waals surface area contributed by atoms with Crippen LogP contribution in [-0.4, -0.2) is 21.9 Å². The Bertz CT molecular complexity index is 664. The van der Waals surface area contributed by atoms with Crippen molar-refractivity contribution in [2.24, 2.45) is 0 Å². The quantitative estimate of drug-likeness (QED) is 0.938. The van der Waals surface area contributed by atoms with E-state index in [9.17, 15) is 5.26 Å². The van der Waals surface area contributed by atoms with E-state index in [1.807, 2.05) is 24.3 Å². The number of rotatable bonds is 4. The van der Waals surface area contributed by atoms with E-state index in [-0.39, 0.29) is 6.61 Å². The van der Waals surface area contributed by atoms with Gasteiger partial charge in [0.2, 0.25) is 11.7 Å². The first-order valence-corrected chi connectivity index (χ1v) is 7.73. The molecular weight excluding hydrogens is 278 g/mol. The third kappa shape index (κ3) is 2.75. The van der Waals surface area contributed by atoms with E-state index in [2.05, 4.69) is 16.2 Å². The van der Waals surface area contributed by atoms with Crippen LogP contribution in [0.2, 0.25) is 0 Å². The van der Waals surface area contributed by atoms with Gasteiger partial charge in [0.25, 0.3) is 0 Å². The van der Waals surface area contributed by atoms with Crippen LogP contribution in [0.25, 0.3) is 11.4 Å². The van der Waals surface area contributed by atoms with Crippen molar-refractivity contribution in [1.82, 2.24) is 10.1 Å². The van der Waals surface area contributed by atoms with Crippen molar-refractivity contribution < 1.29 is 9.63 Å². The van der Waals surface area contributed by atoms with E-state index in [1.165, 1.54) is 0 Å². The van der Waals surface area contributed by atoms with Crippen LogP contribution in [0.3, 0.4) is 0 Å². The van der Waals surface area contributed by atoms with E-state index < -0.39 is 5.41 Å². The first-order chi connectivity index (χ1) is 10.8. The number of hydrogen-bond acceptors (Lipinski definition) is 5. The Hall–Kier alpha value is -2.19. The van der Waals surface area contributed by atoms with Gasteiger partial charge in [-0.05, 0) is 24.8 Å². The number of aliphatic hydroxyl groups excluding tert-OH is 1. The molecule has 114 valence electrons. The number of aliphatic hydroxyl groups is 1. The molecule has 1 heterocycles. The SMILES string of the molecule is N#CC1(c2nc(-c3ccc(CCO)cc3)no2)CCCCC1. The number of nitrogens with zero attached hydrogens (tertiary/aromatic N) is 3. The summed E-state index contributed by atoms with van der Waals surface area (Å²) in [5.41, 5.74) is 1.32. The van der Waals surface area contributed by atoms with Gasteiger partial charge >= 0.3 is 0 Å². The lowest BCUT2D eigenvalue weighted by Gasteiger charge is -2.26. The van der Waals surface area contributed by atoms with Crippen molar-refractivity contribution >= 4 is 0 Å². The average molecular weight is 297 g/mol. The predicted molar refractivity (Wildman–Crippen MR) is 80.9 cm³/mol. The van der Waals surface area contributed by atoms with Gasteiger partial charge in [-0.15, -0.1) is 0 Å². The summed E-state index contributed by atoms with van der Waals surface area (Å²) in [5.74, 6) is 0.967. The molecule has 0 bridgehead atoms. The predicted octanol–water partition coefficient (Wildman–Crippen LogP) is 3.00. The summed E-state index contributed by atoms with van der Waals surface area (Å²) in [4.78, 5) is 4.47. The summed E-state index contributed by atoms with van der Waals surface area (Å²) in [5, 5.41) is 22.6. The first-order valence-electron chi connectivity index (χ1n) is 7.73. The summed E-state index contributed by atoms with van der Waals surface area (Å²) in [6.45, 7) is 0.135. The Balaban J connectivity index is 1.85. The van der Waals surface area contributed by atoms with Crippen LogP contribution in [0, 0.1) is 11.3 Å². The number of aromatic nitrogens is 2. The minimum absolute atomic E-state index is 0.135. The maximum atomic E-state index is 9.57. The van der Waals surface area contributed by atoms with Gasteiger partial charge in [0.05, 0.1) is 6.07 Å². The van der Waals surface area contributed by atoms with Gasteiger partial charge in [-0.3, -0.25) is 0 Å². The Morgan fingerprint density at radius 3 is 2.55 bits per heavy atom.